The largest absolute Gasteiger partial charge is 0.444 e. The maximum absolute atomic E-state index is 12.9. The Hall–Kier alpha value is -1.91. The van der Waals surface area contributed by atoms with E-state index in [1.807, 2.05) is 20.8 Å². The standard InChI is InChI=1S/C17H24FNO3/c1-16(2,3)19(15(21)22-17(4,5)6)11-14(20)12-7-9-13(18)10-8-12/h7-10H,11H2,1-6H3. The number of nitrogens with zero attached hydrogens (tertiary/aromatic N) is 1. The van der Waals surface area contributed by atoms with Gasteiger partial charge in [0.2, 0.25) is 0 Å². The minimum absolute atomic E-state index is 0.121. The first-order chi connectivity index (χ1) is 9.90. The van der Waals surface area contributed by atoms with Gasteiger partial charge in [-0.25, -0.2) is 9.18 Å². The highest BCUT2D eigenvalue weighted by Gasteiger charge is 2.32. The Balaban J connectivity index is 2.92. The van der Waals surface area contributed by atoms with E-state index in [2.05, 4.69) is 0 Å². The number of halogens is 1. The van der Waals surface area contributed by atoms with Crippen LogP contribution in [-0.2, 0) is 4.74 Å². The van der Waals surface area contributed by atoms with Crippen LogP contribution in [0.15, 0.2) is 24.3 Å². The molecule has 1 amide bonds. The molecule has 0 fully saturated rings. The number of ketones is 1. The number of ether oxygens (including phenoxy) is 1. The average molecular weight is 309 g/mol. The fraction of sp³-hybridized carbons (Fsp3) is 0.529. The second kappa shape index (κ2) is 6.46. The van der Waals surface area contributed by atoms with Crippen molar-refractivity contribution in [3.05, 3.63) is 35.6 Å². The molecule has 0 saturated carbocycles. The minimum Gasteiger partial charge on any atom is -0.444 e. The zero-order valence-electron chi connectivity index (χ0n) is 14.1. The van der Waals surface area contributed by atoms with Crippen LogP contribution < -0.4 is 0 Å². The van der Waals surface area contributed by atoms with E-state index in [1.165, 1.54) is 29.2 Å². The molecule has 122 valence electrons. The molecule has 0 bridgehead atoms. The SMILES string of the molecule is CC(C)(C)OC(=O)N(CC(=O)c1ccc(F)cc1)C(C)(C)C. The van der Waals surface area contributed by atoms with Crippen LogP contribution >= 0.6 is 0 Å². The third-order valence-electron chi connectivity index (χ3n) is 2.89. The van der Waals surface area contributed by atoms with E-state index in [4.69, 9.17) is 4.74 Å². The van der Waals surface area contributed by atoms with Crippen LogP contribution in [0.2, 0.25) is 0 Å². The molecule has 22 heavy (non-hydrogen) atoms. The van der Waals surface area contributed by atoms with Crippen molar-refractivity contribution in [3.63, 3.8) is 0 Å². The first-order valence-corrected chi connectivity index (χ1v) is 7.19. The number of amides is 1. The molecule has 4 nitrogen and oxygen atoms in total. The fourth-order valence-corrected chi connectivity index (χ4v) is 1.76. The minimum atomic E-state index is -0.639. The summed E-state index contributed by atoms with van der Waals surface area (Å²) in [6.45, 7) is 10.7. The van der Waals surface area contributed by atoms with Crippen molar-refractivity contribution in [1.82, 2.24) is 4.90 Å². The van der Waals surface area contributed by atoms with E-state index in [9.17, 15) is 14.0 Å². The van der Waals surface area contributed by atoms with Gasteiger partial charge in [0.15, 0.2) is 5.78 Å². The molecule has 0 aliphatic rings. The summed E-state index contributed by atoms with van der Waals surface area (Å²) in [6, 6.07) is 5.27. The lowest BCUT2D eigenvalue weighted by atomic mass is 10.0. The number of Topliss-reactive ketones (excluding diaryl/α,β-unsaturated/α-hetero) is 1. The predicted molar refractivity (Wildman–Crippen MR) is 83.4 cm³/mol. The van der Waals surface area contributed by atoms with Gasteiger partial charge in [0, 0.05) is 11.1 Å². The smallest absolute Gasteiger partial charge is 0.411 e. The Morgan fingerprint density at radius 3 is 1.95 bits per heavy atom. The summed E-state index contributed by atoms with van der Waals surface area (Å²) < 4.78 is 18.3. The van der Waals surface area contributed by atoms with Gasteiger partial charge in [-0.2, -0.15) is 0 Å². The van der Waals surface area contributed by atoms with Gasteiger partial charge in [-0.1, -0.05) is 0 Å². The molecule has 0 heterocycles. The van der Waals surface area contributed by atoms with E-state index in [-0.39, 0.29) is 12.3 Å². The maximum Gasteiger partial charge on any atom is 0.411 e. The van der Waals surface area contributed by atoms with Gasteiger partial charge in [-0.3, -0.25) is 9.69 Å². The summed E-state index contributed by atoms with van der Waals surface area (Å²) in [5.41, 5.74) is -0.850. The summed E-state index contributed by atoms with van der Waals surface area (Å²) in [7, 11) is 0. The summed E-state index contributed by atoms with van der Waals surface area (Å²) in [4.78, 5) is 26.0. The normalized spacial score (nSPS) is 12.0. The lowest BCUT2D eigenvalue weighted by Gasteiger charge is -2.36. The molecule has 0 N–H and O–H groups in total. The molecule has 0 spiro atoms. The van der Waals surface area contributed by atoms with Crippen molar-refractivity contribution < 1.29 is 18.7 Å². The van der Waals surface area contributed by atoms with Gasteiger partial charge in [0.05, 0.1) is 6.54 Å². The summed E-state index contributed by atoms with van der Waals surface area (Å²) >= 11 is 0. The van der Waals surface area contributed by atoms with Crippen LogP contribution in [0, 0.1) is 5.82 Å². The highest BCUT2D eigenvalue weighted by molar-refractivity contribution is 5.99. The zero-order valence-corrected chi connectivity index (χ0v) is 14.1. The lowest BCUT2D eigenvalue weighted by molar-refractivity contribution is 0.00696. The van der Waals surface area contributed by atoms with E-state index in [0.29, 0.717) is 5.56 Å². The van der Waals surface area contributed by atoms with Crippen LogP contribution in [0.1, 0.15) is 51.9 Å². The number of carbonyl (C=O) groups excluding carboxylic acids is 2. The second-order valence-corrected chi connectivity index (χ2v) is 7.17. The third kappa shape index (κ3) is 5.47. The maximum atomic E-state index is 12.9. The number of benzene rings is 1. The third-order valence-corrected chi connectivity index (χ3v) is 2.89. The van der Waals surface area contributed by atoms with Gasteiger partial charge in [-0.15, -0.1) is 0 Å². The van der Waals surface area contributed by atoms with Crippen molar-refractivity contribution >= 4 is 11.9 Å². The molecule has 1 aromatic carbocycles. The van der Waals surface area contributed by atoms with Gasteiger partial charge in [0.1, 0.15) is 11.4 Å². The summed E-state index contributed by atoms with van der Waals surface area (Å²) in [6.07, 6.45) is -0.546. The van der Waals surface area contributed by atoms with Crippen molar-refractivity contribution in [2.45, 2.75) is 52.7 Å². The van der Waals surface area contributed by atoms with Crippen LogP contribution in [0.25, 0.3) is 0 Å². The first kappa shape index (κ1) is 18.1. The Bertz CT molecular complexity index is 539. The summed E-state index contributed by atoms with van der Waals surface area (Å²) in [5.74, 6) is -0.669. The Kier molecular flexibility index (Phi) is 5.33. The van der Waals surface area contributed by atoms with Crippen molar-refractivity contribution in [2.75, 3.05) is 6.54 Å². The molecule has 0 saturated heterocycles. The van der Waals surface area contributed by atoms with Crippen molar-refractivity contribution in [3.8, 4) is 0 Å². The molecule has 1 aromatic rings. The monoisotopic (exact) mass is 309 g/mol. The molecular weight excluding hydrogens is 285 g/mol. The molecule has 5 heteroatoms. The van der Waals surface area contributed by atoms with E-state index in [0.717, 1.165) is 0 Å². The van der Waals surface area contributed by atoms with Crippen molar-refractivity contribution in [1.29, 1.82) is 0 Å². The van der Waals surface area contributed by atoms with Gasteiger partial charge in [0.25, 0.3) is 0 Å². The predicted octanol–water partition coefficient (Wildman–Crippen LogP) is 4.04. The van der Waals surface area contributed by atoms with Gasteiger partial charge < -0.3 is 4.74 Å². The Morgan fingerprint density at radius 1 is 1.05 bits per heavy atom. The molecular formula is C17H24FNO3. The van der Waals surface area contributed by atoms with Gasteiger partial charge in [-0.05, 0) is 65.8 Å². The number of carbonyl (C=O) groups is 2. The first-order valence-electron chi connectivity index (χ1n) is 7.19. The Labute approximate surface area is 131 Å². The quantitative estimate of drug-likeness (QED) is 0.792. The molecule has 0 aliphatic heterocycles. The van der Waals surface area contributed by atoms with Crippen LogP contribution in [-0.4, -0.2) is 34.5 Å². The molecule has 1 rings (SSSR count). The molecule has 0 atom stereocenters. The number of rotatable bonds is 3. The molecule has 0 aromatic heterocycles. The second-order valence-electron chi connectivity index (χ2n) is 7.17. The summed E-state index contributed by atoms with van der Waals surface area (Å²) in [5, 5.41) is 0. The van der Waals surface area contributed by atoms with Crippen LogP contribution in [0.3, 0.4) is 0 Å². The topological polar surface area (TPSA) is 46.6 Å². The van der Waals surface area contributed by atoms with E-state index >= 15 is 0 Å². The van der Waals surface area contributed by atoms with Gasteiger partial charge >= 0.3 is 6.09 Å². The number of hydrogen-bond acceptors (Lipinski definition) is 3. The van der Waals surface area contributed by atoms with Crippen LogP contribution in [0.5, 0.6) is 0 Å². The number of hydrogen-bond donors (Lipinski definition) is 0. The van der Waals surface area contributed by atoms with E-state index < -0.39 is 23.1 Å². The zero-order chi connectivity index (χ0) is 17.1. The fourth-order valence-electron chi connectivity index (χ4n) is 1.76. The van der Waals surface area contributed by atoms with Crippen LogP contribution in [0.4, 0.5) is 9.18 Å². The highest BCUT2D eigenvalue weighted by atomic mass is 19.1. The Morgan fingerprint density at radius 2 is 1.55 bits per heavy atom. The highest BCUT2D eigenvalue weighted by Crippen LogP contribution is 2.19. The average Bonchev–Trinajstić information content (AvgIpc) is 2.32. The van der Waals surface area contributed by atoms with E-state index in [1.54, 1.807) is 20.8 Å². The molecule has 0 unspecified atom stereocenters. The molecule has 0 radical (unpaired) electrons. The molecule has 0 aliphatic carbocycles. The van der Waals surface area contributed by atoms with Crippen molar-refractivity contribution in [2.24, 2.45) is 0 Å². The lowest BCUT2D eigenvalue weighted by Crippen LogP contribution is -2.50.